The van der Waals surface area contributed by atoms with Crippen molar-refractivity contribution in [2.24, 2.45) is 0 Å². The van der Waals surface area contributed by atoms with Gasteiger partial charge in [-0.05, 0) is 48.4 Å². The maximum absolute atomic E-state index is 12.7. The number of carbonyl (C=O) groups excluding carboxylic acids is 2. The minimum atomic E-state index is -0.161. The molecule has 0 fully saturated rings. The number of carbonyl (C=O) groups is 2. The van der Waals surface area contributed by atoms with Gasteiger partial charge in [-0.25, -0.2) is 0 Å². The lowest BCUT2D eigenvalue weighted by Gasteiger charge is -2.18. The number of anilines is 2. The monoisotopic (exact) mass is 314 g/mol. The van der Waals surface area contributed by atoms with E-state index in [9.17, 15) is 9.59 Å². The predicted octanol–water partition coefficient (Wildman–Crippen LogP) is 3.50. The van der Waals surface area contributed by atoms with E-state index < -0.39 is 0 Å². The minimum absolute atomic E-state index is 0.0757. The Balaban J connectivity index is 1.88. The van der Waals surface area contributed by atoms with Gasteiger partial charge in [-0.3, -0.25) is 9.59 Å². The van der Waals surface area contributed by atoms with Crippen molar-refractivity contribution in [1.82, 2.24) is 0 Å². The van der Waals surface area contributed by atoms with Crippen LogP contribution in [0.15, 0.2) is 42.5 Å². The SMILES string of the molecule is CC(=O)Nc1cccc(C(=O)N2CCc3cc(Cl)ccc32)c1. The molecule has 1 heterocycles. The van der Waals surface area contributed by atoms with Gasteiger partial charge in [-0.1, -0.05) is 17.7 Å². The van der Waals surface area contributed by atoms with Crippen LogP contribution in [0.3, 0.4) is 0 Å². The average molecular weight is 315 g/mol. The first-order valence-electron chi connectivity index (χ1n) is 7.02. The summed E-state index contributed by atoms with van der Waals surface area (Å²) >= 11 is 5.99. The number of rotatable bonds is 2. The zero-order valence-corrected chi connectivity index (χ0v) is 12.9. The summed E-state index contributed by atoms with van der Waals surface area (Å²) < 4.78 is 0. The summed E-state index contributed by atoms with van der Waals surface area (Å²) in [5, 5.41) is 3.37. The second kappa shape index (κ2) is 5.81. The van der Waals surface area contributed by atoms with E-state index in [4.69, 9.17) is 11.6 Å². The topological polar surface area (TPSA) is 49.4 Å². The number of fused-ring (bicyclic) bond motifs is 1. The number of hydrogen-bond donors (Lipinski definition) is 1. The molecule has 0 radical (unpaired) electrons. The summed E-state index contributed by atoms with van der Waals surface area (Å²) in [7, 11) is 0. The highest BCUT2D eigenvalue weighted by atomic mass is 35.5. The summed E-state index contributed by atoms with van der Waals surface area (Å²) in [6.07, 6.45) is 0.799. The highest BCUT2D eigenvalue weighted by Gasteiger charge is 2.25. The third kappa shape index (κ3) is 2.83. The van der Waals surface area contributed by atoms with Gasteiger partial charge in [0.1, 0.15) is 0 Å². The van der Waals surface area contributed by atoms with E-state index in [1.165, 1.54) is 6.92 Å². The molecular weight excluding hydrogens is 300 g/mol. The summed E-state index contributed by atoms with van der Waals surface area (Å²) in [4.78, 5) is 25.6. The molecule has 1 aliphatic rings. The Labute approximate surface area is 133 Å². The summed E-state index contributed by atoms with van der Waals surface area (Å²) in [5.74, 6) is -0.237. The third-order valence-corrected chi connectivity index (χ3v) is 3.85. The van der Waals surface area contributed by atoms with E-state index in [1.54, 1.807) is 35.2 Å². The van der Waals surface area contributed by atoms with Crippen LogP contribution in [0.25, 0.3) is 0 Å². The Hall–Kier alpha value is -2.33. The van der Waals surface area contributed by atoms with E-state index in [-0.39, 0.29) is 11.8 Å². The Kier molecular flexibility index (Phi) is 3.86. The molecule has 4 nitrogen and oxygen atoms in total. The van der Waals surface area contributed by atoms with Gasteiger partial charge < -0.3 is 10.2 Å². The second-order valence-corrected chi connectivity index (χ2v) is 5.68. The highest BCUT2D eigenvalue weighted by Crippen LogP contribution is 2.31. The van der Waals surface area contributed by atoms with E-state index >= 15 is 0 Å². The lowest BCUT2D eigenvalue weighted by atomic mass is 10.1. The molecule has 22 heavy (non-hydrogen) atoms. The maximum Gasteiger partial charge on any atom is 0.258 e. The van der Waals surface area contributed by atoms with Gasteiger partial charge in [0, 0.05) is 35.4 Å². The molecule has 5 heteroatoms. The van der Waals surface area contributed by atoms with E-state index in [2.05, 4.69) is 5.32 Å². The van der Waals surface area contributed by atoms with Gasteiger partial charge in [0.25, 0.3) is 5.91 Å². The van der Waals surface area contributed by atoms with Crippen LogP contribution < -0.4 is 10.2 Å². The predicted molar refractivity (Wildman–Crippen MR) is 87.6 cm³/mol. The smallest absolute Gasteiger partial charge is 0.258 e. The van der Waals surface area contributed by atoms with Gasteiger partial charge in [-0.15, -0.1) is 0 Å². The van der Waals surface area contributed by atoms with E-state index in [1.807, 2.05) is 12.1 Å². The first-order chi connectivity index (χ1) is 10.5. The van der Waals surface area contributed by atoms with Crippen molar-refractivity contribution in [1.29, 1.82) is 0 Å². The second-order valence-electron chi connectivity index (χ2n) is 5.24. The van der Waals surface area contributed by atoms with E-state index in [0.717, 1.165) is 17.7 Å². The summed E-state index contributed by atoms with van der Waals surface area (Å²) in [6, 6.07) is 12.5. The molecule has 0 unspecified atom stereocenters. The fourth-order valence-corrected chi connectivity index (χ4v) is 2.87. The fourth-order valence-electron chi connectivity index (χ4n) is 2.67. The fraction of sp³-hybridized carbons (Fsp3) is 0.176. The van der Waals surface area contributed by atoms with Crippen molar-refractivity contribution in [3.8, 4) is 0 Å². The Morgan fingerprint density at radius 3 is 2.77 bits per heavy atom. The molecule has 0 saturated carbocycles. The Bertz CT molecular complexity index is 758. The van der Waals surface area contributed by atoms with Crippen LogP contribution in [0.1, 0.15) is 22.8 Å². The number of amides is 2. The molecule has 112 valence electrons. The zero-order valence-electron chi connectivity index (χ0n) is 12.1. The first kappa shape index (κ1) is 14.6. The number of benzene rings is 2. The normalized spacial score (nSPS) is 12.9. The molecule has 0 atom stereocenters. The van der Waals surface area contributed by atoms with Crippen molar-refractivity contribution in [3.63, 3.8) is 0 Å². The van der Waals surface area contributed by atoms with Gasteiger partial charge >= 0.3 is 0 Å². The quantitative estimate of drug-likeness (QED) is 0.922. The third-order valence-electron chi connectivity index (χ3n) is 3.61. The van der Waals surface area contributed by atoms with Crippen LogP contribution in [0, 0.1) is 0 Å². The standard InChI is InChI=1S/C17H15ClN2O2/c1-11(21)19-15-4-2-3-13(10-15)17(22)20-8-7-12-9-14(18)5-6-16(12)20/h2-6,9-10H,7-8H2,1H3,(H,19,21). The van der Waals surface area contributed by atoms with Crippen LogP contribution in [0.4, 0.5) is 11.4 Å². The zero-order chi connectivity index (χ0) is 15.7. The molecule has 0 aliphatic carbocycles. The van der Waals surface area contributed by atoms with Crippen molar-refractivity contribution < 1.29 is 9.59 Å². The first-order valence-corrected chi connectivity index (χ1v) is 7.40. The molecular formula is C17H15ClN2O2. The number of nitrogens with zero attached hydrogens (tertiary/aromatic N) is 1. The molecule has 0 aromatic heterocycles. The molecule has 3 rings (SSSR count). The summed E-state index contributed by atoms with van der Waals surface area (Å²) in [6.45, 7) is 2.08. The number of hydrogen-bond acceptors (Lipinski definition) is 2. The molecule has 1 aliphatic heterocycles. The number of nitrogens with one attached hydrogen (secondary N) is 1. The molecule has 0 bridgehead atoms. The minimum Gasteiger partial charge on any atom is -0.326 e. The van der Waals surface area contributed by atoms with Gasteiger partial charge in [0.15, 0.2) is 0 Å². The lowest BCUT2D eigenvalue weighted by molar-refractivity contribution is -0.114. The maximum atomic E-state index is 12.7. The van der Waals surface area contributed by atoms with Crippen LogP contribution in [0.2, 0.25) is 5.02 Å². The van der Waals surface area contributed by atoms with E-state index in [0.29, 0.717) is 22.8 Å². The molecule has 0 saturated heterocycles. The van der Waals surface area contributed by atoms with Gasteiger partial charge in [0.05, 0.1) is 0 Å². The van der Waals surface area contributed by atoms with Crippen LogP contribution >= 0.6 is 11.6 Å². The van der Waals surface area contributed by atoms with Crippen molar-refractivity contribution in [2.45, 2.75) is 13.3 Å². The van der Waals surface area contributed by atoms with Gasteiger partial charge in [0.2, 0.25) is 5.91 Å². The van der Waals surface area contributed by atoms with Crippen molar-refractivity contribution in [3.05, 3.63) is 58.6 Å². The lowest BCUT2D eigenvalue weighted by Crippen LogP contribution is -2.28. The van der Waals surface area contributed by atoms with Crippen LogP contribution in [-0.2, 0) is 11.2 Å². The van der Waals surface area contributed by atoms with Crippen molar-refractivity contribution in [2.75, 3.05) is 16.8 Å². The summed E-state index contributed by atoms with van der Waals surface area (Å²) in [5.41, 5.74) is 3.15. The Morgan fingerprint density at radius 2 is 2.00 bits per heavy atom. The molecule has 2 amide bonds. The van der Waals surface area contributed by atoms with Gasteiger partial charge in [-0.2, -0.15) is 0 Å². The number of halogens is 1. The molecule has 1 N–H and O–H groups in total. The molecule has 0 spiro atoms. The van der Waals surface area contributed by atoms with Crippen LogP contribution in [-0.4, -0.2) is 18.4 Å². The Morgan fingerprint density at radius 1 is 1.18 bits per heavy atom. The average Bonchev–Trinajstić information content (AvgIpc) is 2.89. The molecule has 2 aromatic rings. The van der Waals surface area contributed by atoms with Crippen LogP contribution in [0.5, 0.6) is 0 Å². The molecule has 2 aromatic carbocycles. The van der Waals surface area contributed by atoms with Crippen molar-refractivity contribution >= 4 is 34.8 Å². The largest absolute Gasteiger partial charge is 0.326 e. The highest BCUT2D eigenvalue weighted by molar-refractivity contribution is 6.30.